The molecule has 154 valence electrons. The predicted molar refractivity (Wildman–Crippen MR) is 107 cm³/mol. The van der Waals surface area contributed by atoms with Crippen molar-refractivity contribution in [3.63, 3.8) is 0 Å². The molecule has 0 saturated carbocycles. The summed E-state index contributed by atoms with van der Waals surface area (Å²) in [7, 11) is -3.70. The molecule has 1 amide bonds. The number of benzene rings is 2. The van der Waals surface area contributed by atoms with Gasteiger partial charge in [0.05, 0.1) is 23.0 Å². The van der Waals surface area contributed by atoms with Gasteiger partial charge in [-0.25, -0.2) is 8.42 Å². The number of nitro groups is 1. The van der Waals surface area contributed by atoms with Crippen LogP contribution in [0.15, 0.2) is 41.3 Å². The average molecular weight is 419 g/mol. The number of rotatable bonds is 5. The van der Waals surface area contributed by atoms with Crippen molar-refractivity contribution in [2.45, 2.75) is 18.7 Å². The Balaban J connectivity index is 1.86. The van der Waals surface area contributed by atoms with E-state index in [-0.39, 0.29) is 29.2 Å². The summed E-state index contributed by atoms with van der Waals surface area (Å²) < 4.78 is 32.2. The molecule has 2 aromatic rings. The maximum absolute atomic E-state index is 12.8. The van der Waals surface area contributed by atoms with Crippen LogP contribution >= 0.6 is 0 Å². The van der Waals surface area contributed by atoms with Gasteiger partial charge in [0.25, 0.3) is 11.6 Å². The van der Waals surface area contributed by atoms with Crippen LogP contribution in [0.4, 0.5) is 11.4 Å². The van der Waals surface area contributed by atoms with Gasteiger partial charge in [-0.05, 0) is 43.7 Å². The molecule has 10 heteroatoms. The summed E-state index contributed by atoms with van der Waals surface area (Å²) in [5.74, 6) is -0.480. The fraction of sp³-hybridized carbons (Fsp3) is 0.316. The molecule has 0 atom stereocenters. The highest BCUT2D eigenvalue weighted by Crippen LogP contribution is 2.25. The third-order valence-corrected chi connectivity index (χ3v) is 6.62. The zero-order valence-corrected chi connectivity index (χ0v) is 16.9. The number of sulfonamides is 1. The highest BCUT2D eigenvalue weighted by Gasteiger charge is 2.27. The summed E-state index contributed by atoms with van der Waals surface area (Å²) >= 11 is 0. The third-order valence-electron chi connectivity index (χ3n) is 4.72. The zero-order chi connectivity index (χ0) is 21.2. The Labute approximate surface area is 168 Å². The van der Waals surface area contributed by atoms with Gasteiger partial charge in [-0.15, -0.1) is 0 Å². The lowest BCUT2D eigenvalue weighted by atomic mass is 10.1. The number of anilines is 1. The van der Waals surface area contributed by atoms with Crippen molar-refractivity contribution in [1.82, 2.24) is 4.31 Å². The van der Waals surface area contributed by atoms with Crippen molar-refractivity contribution in [2.75, 3.05) is 31.6 Å². The Morgan fingerprint density at radius 3 is 2.41 bits per heavy atom. The average Bonchev–Trinajstić information content (AvgIpc) is 2.69. The number of hydrogen-bond acceptors (Lipinski definition) is 6. The lowest BCUT2D eigenvalue weighted by Gasteiger charge is -2.26. The Hall–Kier alpha value is -2.82. The van der Waals surface area contributed by atoms with E-state index in [1.54, 1.807) is 19.9 Å². The number of morpholine rings is 1. The highest BCUT2D eigenvalue weighted by atomic mass is 32.2. The Morgan fingerprint density at radius 1 is 1.10 bits per heavy atom. The number of amides is 1. The summed E-state index contributed by atoms with van der Waals surface area (Å²) in [5, 5.41) is 13.6. The van der Waals surface area contributed by atoms with E-state index in [0.29, 0.717) is 30.0 Å². The van der Waals surface area contributed by atoms with E-state index in [9.17, 15) is 23.3 Å². The molecule has 0 aromatic heterocycles. The van der Waals surface area contributed by atoms with E-state index < -0.39 is 20.9 Å². The first-order valence-corrected chi connectivity index (χ1v) is 10.4. The molecule has 0 spiro atoms. The SMILES string of the molecule is Cc1ccc(S(=O)(=O)N2CCOCC2)cc1NC(=O)c1ccc([N+](=O)[O-])c(C)c1. The van der Waals surface area contributed by atoms with Gasteiger partial charge in [-0.2, -0.15) is 4.31 Å². The number of nitro benzene ring substituents is 1. The number of ether oxygens (including phenoxy) is 1. The normalized spacial score (nSPS) is 15.1. The molecule has 1 saturated heterocycles. The molecule has 1 N–H and O–H groups in total. The van der Waals surface area contributed by atoms with E-state index in [1.165, 1.54) is 34.6 Å². The minimum atomic E-state index is -3.70. The summed E-state index contributed by atoms with van der Waals surface area (Å²) in [6, 6.07) is 8.63. The fourth-order valence-corrected chi connectivity index (χ4v) is 4.46. The maximum atomic E-state index is 12.8. The minimum Gasteiger partial charge on any atom is -0.379 e. The summed E-state index contributed by atoms with van der Waals surface area (Å²) in [6.07, 6.45) is 0. The number of aryl methyl sites for hydroxylation is 2. The van der Waals surface area contributed by atoms with Crippen LogP contribution < -0.4 is 5.32 Å². The van der Waals surface area contributed by atoms with Gasteiger partial charge in [-0.1, -0.05) is 6.07 Å². The van der Waals surface area contributed by atoms with Crippen molar-refractivity contribution in [3.8, 4) is 0 Å². The van der Waals surface area contributed by atoms with E-state index in [0.717, 1.165) is 0 Å². The first-order chi connectivity index (χ1) is 13.7. The van der Waals surface area contributed by atoms with Gasteiger partial charge in [-0.3, -0.25) is 14.9 Å². The van der Waals surface area contributed by atoms with Crippen molar-refractivity contribution < 1.29 is 22.9 Å². The van der Waals surface area contributed by atoms with Crippen molar-refractivity contribution >= 4 is 27.3 Å². The van der Waals surface area contributed by atoms with Gasteiger partial charge >= 0.3 is 0 Å². The summed E-state index contributed by atoms with van der Waals surface area (Å²) in [5.41, 5.74) is 1.59. The Kier molecular flexibility index (Phi) is 5.96. The third kappa shape index (κ3) is 4.44. The van der Waals surface area contributed by atoms with E-state index in [1.807, 2.05) is 0 Å². The van der Waals surface area contributed by atoms with Gasteiger partial charge in [0.15, 0.2) is 0 Å². The molecule has 3 rings (SSSR count). The molecule has 1 heterocycles. The first-order valence-electron chi connectivity index (χ1n) is 8.95. The predicted octanol–water partition coefficient (Wildman–Crippen LogP) is 2.48. The number of carbonyl (C=O) groups excluding carboxylic acids is 1. The van der Waals surface area contributed by atoms with Crippen LogP contribution in [0.5, 0.6) is 0 Å². The van der Waals surface area contributed by atoms with Gasteiger partial charge < -0.3 is 10.1 Å². The highest BCUT2D eigenvalue weighted by molar-refractivity contribution is 7.89. The quantitative estimate of drug-likeness (QED) is 0.587. The van der Waals surface area contributed by atoms with Gasteiger partial charge in [0.2, 0.25) is 10.0 Å². The van der Waals surface area contributed by atoms with Crippen LogP contribution in [0.25, 0.3) is 0 Å². The van der Waals surface area contributed by atoms with Crippen LogP contribution in [0.3, 0.4) is 0 Å². The van der Waals surface area contributed by atoms with Crippen molar-refractivity contribution in [3.05, 3.63) is 63.2 Å². The summed E-state index contributed by atoms with van der Waals surface area (Å²) in [6.45, 7) is 4.54. The molecule has 0 unspecified atom stereocenters. The molecule has 1 aliphatic heterocycles. The van der Waals surface area contributed by atoms with Crippen LogP contribution in [-0.2, 0) is 14.8 Å². The Morgan fingerprint density at radius 2 is 1.79 bits per heavy atom. The molecule has 2 aromatic carbocycles. The Bertz CT molecular complexity index is 1060. The van der Waals surface area contributed by atoms with Gasteiger partial charge in [0.1, 0.15) is 0 Å². The van der Waals surface area contributed by atoms with Gasteiger partial charge in [0, 0.05) is 36.0 Å². The first kappa shape index (κ1) is 20.9. The second-order valence-corrected chi connectivity index (χ2v) is 8.64. The molecule has 29 heavy (non-hydrogen) atoms. The maximum Gasteiger partial charge on any atom is 0.272 e. The van der Waals surface area contributed by atoms with Crippen LogP contribution in [0, 0.1) is 24.0 Å². The number of nitrogens with one attached hydrogen (secondary N) is 1. The van der Waals surface area contributed by atoms with E-state index >= 15 is 0 Å². The monoisotopic (exact) mass is 419 g/mol. The number of hydrogen-bond donors (Lipinski definition) is 1. The zero-order valence-electron chi connectivity index (χ0n) is 16.0. The summed E-state index contributed by atoms with van der Waals surface area (Å²) in [4.78, 5) is 23.1. The molecule has 0 radical (unpaired) electrons. The lowest BCUT2D eigenvalue weighted by Crippen LogP contribution is -2.40. The number of carbonyl (C=O) groups is 1. The van der Waals surface area contributed by atoms with Crippen LogP contribution in [-0.4, -0.2) is 49.9 Å². The number of nitrogens with zero attached hydrogens (tertiary/aromatic N) is 2. The molecular weight excluding hydrogens is 398 g/mol. The van der Waals surface area contributed by atoms with E-state index in [2.05, 4.69) is 5.32 Å². The molecular formula is C19H21N3O6S. The molecule has 1 fully saturated rings. The molecule has 0 aliphatic carbocycles. The molecule has 1 aliphatic rings. The van der Waals surface area contributed by atoms with Crippen molar-refractivity contribution in [1.29, 1.82) is 0 Å². The molecule has 9 nitrogen and oxygen atoms in total. The second-order valence-electron chi connectivity index (χ2n) is 6.71. The molecule has 0 bridgehead atoms. The van der Waals surface area contributed by atoms with Crippen molar-refractivity contribution in [2.24, 2.45) is 0 Å². The fourth-order valence-electron chi connectivity index (χ4n) is 3.03. The largest absolute Gasteiger partial charge is 0.379 e. The lowest BCUT2D eigenvalue weighted by molar-refractivity contribution is -0.385. The second kappa shape index (κ2) is 8.27. The van der Waals surface area contributed by atoms with Crippen LogP contribution in [0.1, 0.15) is 21.5 Å². The standard InChI is InChI=1S/C19H21N3O6S/c1-13-3-5-16(29(26,27)21-7-9-28-10-8-21)12-17(13)20-19(23)15-4-6-18(22(24)25)14(2)11-15/h3-6,11-12H,7-10H2,1-2H3,(H,20,23). The smallest absolute Gasteiger partial charge is 0.272 e. The topological polar surface area (TPSA) is 119 Å². The van der Waals surface area contributed by atoms with Crippen LogP contribution in [0.2, 0.25) is 0 Å². The van der Waals surface area contributed by atoms with E-state index in [4.69, 9.17) is 4.74 Å². The minimum absolute atomic E-state index is 0.0728.